The fraction of sp³-hybridized carbons (Fsp3) is 0.235. The van der Waals surface area contributed by atoms with Crippen LogP contribution < -0.4 is 10.4 Å². The molecular formula is C17H19NO4P-. The van der Waals surface area contributed by atoms with Gasteiger partial charge in [0, 0.05) is 0 Å². The van der Waals surface area contributed by atoms with Crippen LogP contribution in [0, 0.1) is 0 Å². The second kappa shape index (κ2) is 8.06. The van der Waals surface area contributed by atoms with Crippen molar-refractivity contribution in [1.29, 1.82) is 0 Å². The van der Waals surface area contributed by atoms with Gasteiger partial charge in [-0.1, -0.05) is 42.5 Å². The van der Waals surface area contributed by atoms with Gasteiger partial charge in [0.25, 0.3) is 0 Å². The molecule has 0 fully saturated rings. The van der Waals surface area contributed by atoms with Gasteiger partial charge in [0.1, 0.15) is 0 Å². The third-order valence-corrected chi connectivity index (χ3v) is 5.18. The van der Waals surface area contributed by atoms with E-state index in [1.54, 1.807) is 62.4 Å². The van der Waals surface area contributed by atoms with Crippen LogP contribution in [0.3, 0.4) is 0 Å². The zero-order valence-corrected chi connectivity index (χ0v) is 14.0. The van der Waals surface area contributed by atoms with E-state index in [1.807, 2.05) is 6.07 Å². The van der Waals surface area contributed by atoms with E-state index in [1.165, 1.54) is 0 Å². The lowest BCUT2D eigenvalue weighted by molar-refractivity contribution is -0.212. The predicted octanol–water partition coefficient (Wildman–Crippen LogP) is 3.02. The molecule has 0 aliphatic heterocycles. The summed E-state index contributed by atoms with van der Waals surface area (Å²) in [5.41, 5.74) is 0.761. The van der Waals surface area contributed by atoms with Crippen LogP contribution in [0.2, 0.25) is 0 Å². The molecular weight excluding hydrogens is 313 g/mol. The van der Waals surface area contributed by atoms with E-state index in [0.29, 0.717) is 16.6 Å². The van der Waals surface area contributed by atoms with Crippen LogP contribution >= 0.6 is 7.60 Å². The predicted molar refractivity (Wildman–Crippen MR) is 89.6 cm³/mol. The maximum atomic E-state index is 12.9. The number of hydrogen-bond donors (Lipinski definition) is 0. The molecule has 23 heavy (non-hydrogen) atoms. The Kier molecular flexibility index (Phi) is 6.11. The Hall–Kier alpha value is -1.94. The molecule has 0 aromatic heterocycles. The SMILES string of the molecule is CCOP(=O)(OCC)c1ccccc1N=C([O-])c1ccccc1. The molecule has 0 spiro atoms. The van der Waals surface area contributed by atoms with Gasteiger partial charge in [0.05, 0.1) is 24.2 Å². The molecule has 0 bridgehead atoms. The Morgan fingerprint density at radius 2 is 1.57 bits per heavy atom. The van der Waals surface area contributed by atoms with E-state index < -0.39 is 13.5 Å². The van der Waals surface area contributed by atoms with Crippen molar-refractivity contribution in [2.24, 2.45) is 4.99 Å². The van der Waals surface area contributed by atoms with Crippen molar-refractivity contribution >= 4 is 24.5 Å². The monoisotopic (exact) mass is 332 g/mol. The van der Waals surface area contributed by atoms with E-state index in [4.69, 9.17) is 9.05 Å². The number of benzene rings is 2. The fourth-order valence-electron chi connectivity index (χ4n) is 2.06. The normalized spacial score (nSPS) is 12.3. The average molecular weight is 332 g/mol. The lowest BCUT2D eigenvalue weighted by Gasteiger charge is -2.19. The minimum atomic E-state index is -3.50. The van der Waals surface area contributed by atoms with Gasteiger partial charge >= 0.3 is 7.60 Å². The lowest BCUT2D eigenvalue weighted by Crippen LogP contribution is -2.19. The smallest absolute Gasteiger partial charge is 0.363 e. The van der Waals surface area contributed by atoms with Crippen LogP contribution in [0.25, 0.3) is 0 Å². The number of aliphatic imine (C=N–C) groups is 1. The molecule has 0 N–H and O–H groups in total. The molecule has 0 atom stereocenters. The molecule has 122 valence electrons. The first-order valence-electron chi connectivity index (χ1n) is 7.40. The van der Waals surface area contributed by atoms with E-state index in [9.17, 15) is 9.67 Å². The van der Waals surface area contributed by atoms with Crippen molar-refractivity contribution in [2.45, 2.75) is 13.8 Å². The summed E-state index contributed by atoms with van der Waals surface area (Å²) in [5, 5.41) is 12.6. The van der Waals surface area contributed by atoms with Gasteiger partial charge < -0.3 is 14.2 Å². The number of nitrogens with zero attached hydrogens (tertiary/aromatic N) is 1. The van der Waals surface area contributed by atoms with Gasteiger partial charge in [0.2, 0.25) is 0 Å². The van der Waals surface area contributed by atoms with Gasteiger partial charge in [-0.05, 0) is 37.4 Å². The first kappa shape index (κ1) is 17.4. The summed E-state index contributed by atoms with van der Waals surface area (Å²) in [4.78, 5) is 4.09. The zero-order chi connectivity index (χ0) is 16.7. The van der Waals surface area contributed by atoms with Crippen molar-refractivity contribution in [2.75, 3.05) is 13.2 Å². The van der Waals surface area contributed by atoms with Crippen molar-refractivity contribution in [3.05, 3.63) is 60.2 Å². The second-order valence-electron chi connectivity index (χ2n) is 4.60. The van der Waals surface area contributed by atoms with Crippen molar-refractivity contribution < 1.29 is 18.7 Å². The van der Waals surface area contributed by atoms with Crippen LogP contribution in [-0.4, -0.2) is 19.1 Å². The summed E-state index contributed by atoms with van der Waals surface area (Å²) in [6.07, 6.45) is 0. The molecule has 2 aromatic carbocycles. The summed E-state index contributed by atoms with van der Waals surface area (Å²) in [5.74, 6) is -0.405. The molecule has 0 heterocycles. The highest BCUT2D eigenvalue weighted by molar-refractivity contribution is 7.62. The maximum absolute atomic E-state index is 12.9. The second-order valence-corrected chi connectivity index (χ2v) is 6.60. The Morgan fingerprint density at radius 3 is 2.17 bits per heavy atom. The van der Waals surface area contributed by atoms with Crippen LogP contribution in [0.1, 0.15) is 19.4 Å². The molecule has 0 saturated heterocycles. The molecule has 0 amide bonds. The maximum Gasteiger partial charge on any atom is 0.363 e. The quantitative estimate of drug-likeness (QED) is 0.444. The lowest BCUT2D eigenvalue weighted by atomic mass is 10.2. The topological polar surface area (TPSA) is 71.0 Å². The van der Waals surface area contributed by atoms with Crippen LogP contribution in [0.4, 0.5) is 5.69 Å². The molecule has 0 aliphatic rings. The van der Waals surface area contributed by atoms with E-state index in [2.05, 4.69) is 4.99 Å². The largest absolute Gasteiger partial charge is 0.858 e. The van der Waals surface area contributed by atoms with Gasteiger partial charge in [-0.25, -0.2) is 0 Å². The van der Waals surface area contributed by atoms with Crippen molar-refractivity contribution in [1.82, 2.24) is 0 Å². The Labute approximate surface area is 136 Å². The highest BCUT2D eigenvalue weighted by Crippen LogP contribution is 2.49. The van der Waals surface area contributed by atoms with E-state index in [0.717, 1.165) is 0 Å². The standard InChI is InChI=1S/C17H20NO4P/c1-3-21-23(20,22-4-2)16-13-9-8-12-15(16)18-17(19)14-10-6-5-7-11-14/h5-13H,3-4H2,1-2H3,(H,18,19)/p-1. The van der Waals surface area contributed by atoms with E-state index in [-0.39, 0.29) is 13.2 Å². The third kappa shape index (κ3) is 4.29. The molecule has 2 aromatic rings. The minimum Gasteiger partial charge on any atom is -0.858 e. The van der Waals surface area contributed by atoms with Gasteiger partial charge in [0.15, 0.2) is 0 Å². The van der Waals surface area contributed by atoms with Crippen LogP contribution in [0.15, 0.2) is 59.6 Å². The average Bonchev–Trinajstić information content (AvgIpc) is 2.56. The third-order valence-electron chi connectivity index (χ3n) is 3.02. The summed E-state index contributed by atoms with van der Waals surface area (Å²) >= 11 is 0. The first-order valence-corrected chi connectivity index (χ1v) is 8.94. The molecule has 5 nitrogen and oxygen atoms in total. The zero-order valence-electron chi connectivity index (χ0n) is 13.1. The number of para-hydroxylation sites is 1. The van der Waals surface area contributed by atoms with Crippen LogP contribution in [-0.2, 0) is 13.6 Å². The minimum absolute atomic E-state index is 0.234. The first-order chi connectivity index (χ1) is 11.1. The fourth-order valence-corrected chi connectivity index (χ4v) is 3.77. The summed E-state index contributed by atoms with van der Waals surface area (Å²) in [6.45, 7) is 3.94. The molecule has 6 heteroatoms. The molecule has 2 rings (SSSR count). The summed E-state index contributed by atoms with van der Waals surface area (Å²) < 4.78 is 23.6. The Balaban J connectivity index is 2.47. The van der Waals surface area contributed by atoms with Crippen LogP contribution in [0.5, 0.6) is 0 Å². The molecule has 0 aliphatic carbocycles. The molecule has 0 unspecified atom stereocenters. The van der Waals surface area contributed by atoms with Gasteiger partial charge in [-0.2, -0.15) is 0 Å². The number of rotatable bonds is 7. The Bertz CT molecular complexity index is 706. The van der Waals surface area contributed by atoms with Gasteiger partial charge in [-0.15, -0.1) is 0 Å². The van der Waals surface area contributed by atoms with Crippen molar-refractivity contribution in [3.63, 3.8) is 0 Å². The van der Waals surface area contributed by atoms with Gasteiger partial charge in [-0.3, -0.25) is 9.56 Å². The summed E-state index contributed by atoms with van der Waals surface area (Å²) in [6, 6.07) is 15.4. The van der Waals surface area contributed by atoms with Crippen molar-refractivity contribution in [3.8, 4) is 0 Å². The summed E-state index contributed by atoms with van der Waals surface area (Å²) in [7, 11) is -3.50. The Morgan fingerprint density at radius 1 is 1.00 bits per heavy atom. The highest BCUT2D eigenvalue weighted by atomic mass is 31.2. The van der Waals surface area contributed by atoms with E-state index >= 15 is 0 Å². The highest BCUT2D eigenvalue weighted by Gasteiger charge is 2.29. The molecule has 0 radical (unpaired) electrons. The number of hydrogen-bond acceptors (Lipinski definition) is 5. The molecule has 0 saturated carbocycles.